The zero-order valence-electron chi connectivity index (χ0n) is 7.00. The van der Waals surface area contributed by atoms with Gasteiger partial charge in [-0.1, -0.05) is 11.3 Å². The molecule has 0 saturated heterocycles. The van der Waals surface area contributed by atoms with Gasteiger partial charge in [0.25, 0.3) is 0 Å². The number of hydrogen-bond acceptors (Lipinski definition) is 3. The quantitative estimate of drug-likeness (QED) is 0.789. The molecule has 0 aliphatic rings. The van der Waals surface area contributed by atoms with Crippen molar-refractivity contribution in [3.8, 4) is 10.4 Å². The molecule has 14 heavy (non-hydrogen) atoms. The maximum atomic E-state index is 13.2. The second-order valence-corrected chi connectivity index (χ2v) is 3.75. The van der Waals surface area contributed by atoms with Gasteiger partial charge in [-0.15, -0.1) is 0 Å². The number of nitrogens with zero attached hydrogens (tertiary/aromatic N) is 1. The van der Waals surface area contributed by atoms with E-state index >= 15 is 0 Å². The van der Waals surface area contributed by atoms with Crippen molar-refractivity contribution in [2.24, 2.45) is 0 Å². The summed E-state index contributed by atoms with van der Waals surface area (Å²) >= 11 is 1.17. The van der Waals surface area contributed by atoms with Crippen LogP contribution < -0.4 is 5.73 Å². The van der Waals surface area contributed by atoms with Gasteiger partial charge in [-0.3, -0.25) is 0 Å². The van der Waals surface area contributed by atoms with Gasteiger partial charge < -0.3 is 5.73 Å². The highest BCUT2D eigenvalue weighted by atomic mass is 32.1. The molecule has 0 aliphatic carbocycles. The van der Waals surface area contributed by atoms with Crippen molar-refractivity contribution < 1.29 is 8.78 Å². The summed E-state index contributed by atoms with van der Waals surface area (Å²) in [6, 6.07) is 3.41. The first-order valence-electron chi connectivity index (χ1n) is 3.83. The largest absolute Gasteiger partial charge is 0.375 e. The molecule has 0 saturated carbocycles. The van der Waals surface area contributed by atoms with Crippen molar-refractivity contribution in [3.63, 3.8) is 0 Å². The standard InChI is InChI=1S/C9H6F2N2S/c10-5-1-2-6(7(11)3-5)8-4-13-9(12)14-8/h1-4H,(H2,12,13). The minimum absolute atomic E-state index is 0.320. The zero-order chi connectivity index (χ0) is 10.1. The second kappa shape index (κ2) is 3.34. The zero-order valence-corrected chi connectivity index (χ0v) is 7.81. The van der Waals surface area contributed by atoms with Crippen LogP contribution in [0, 0.1) is 11.6 Å². The predicted octanol–water partition coefficient (Wildman–Crippen LogP) is 2.67. The van der Waals surface area contributed by atoms with Gasteiger partial charge in [-0.2, -0.15) is 0 Å². The van der Waals surface area contributed by atoms with E-state index in [0.717, 1.165) is 6.07 Å². The lowest BCUT2D eigenvalue weighted by molar-refractivity contribution is 0.586. The van der Waals surface area contributed by atoms with Crippen molar-refractivity contribution in [2.75, 3.05) is 5.73 Å². The average molecular weight is 212 g/mol. The Labute approximate surface area is 83.0 Å². The third-order valence-electron chi connectivity index (χ3n) is 1.72. The summed E-state index contributed by atoms with van der Waals surface area (Å²) in [4.78, 5) is 4.39. The van der Waals surface area contributed by atoms with Crippen LogP contribution in [0.4, 0.5) is 13.9 Å². The number of benzene rings is 1. The first kappa shape index (κ1) is 9.08. The fourth-order valence-electron chi connectivity index (χ4n) is 1.10. The number of halogens is 2. The summed E-state index contributed by atoms with van der Waals surface area (Å²) in [6.45, 7) is 0. The van der Waals surface area contributed by atoms with Gasteiger partial charge in [-0.05, 0) is 12.1 Å². The Hall–Kier alpha value is -1.49. The number of nitrogens with two attached hydrogens (primary N) is 1. The SMILES string of the molecule is Nc1ncc(-c2ccc(F)cc2F)s1. The highest BCUT2D eigenvalue weighted by Gasteiger charge is 2.08. The molecule has 0 spiro atoms. The first-order valence-corrected chi connectivity index (χ1v) is 4.65. The number of rotatable bonds is 1. The molecule has 2 N–H and O–H groups in total. The lowest BCUT2D eigenvalue weighted by atomic mass is 10.2. The lowest BCUT2D eigenvalue weighted by Crippen LogP contribution is -1.83. The number of thiazole rings is 1. The van der Waals surface area contributed by atoms with Gasteiger partial charge in [-0.25, -0.2) is 13.8 Å². The summed E-state index contributed by atoms with van der Waals surface area (Å²) in [5.41, 5.74) is 5.73. The molecule has 2 aromatic rings. The van der Waals surface area contributed by atoms with Gasteiger partial charge >= 0.3 is 0 Å². The fraction of sp³-hybridized carbons (Fsp3) is 0. The molecule has 1 heterocycles. The van der Waals surface area contributed by atoms with Crippen molar-refractivity contribution in [2.45, 2.75) is 0 Å². The molecule has 0 fully saturated rings. The van der Waals surface area contributed by atoms with E-state index in [1.54, 1.807) is 0 Å². The molecule has 72 valence electrons. The van der Waals surface area contributed by atoms with Gasteiger partial charge in [0.15, 0.2) is 5.13 Å². The normalized spacial score (nSPS) is 10.4. The van der Waals surface area contributed by atoms with Crippen LogP contribution in [-0.4, -0.2) is 4.98 Å². The topological polar surface area (TPSA) is 38.9 Å². The molecule has 2 rings (SSSR count). The van der Waals surface area contributed by atoms with Crippen molar-refractivity contribution in [1.82, 2.24) is 4.98 Å². The van der Waals surface area contributed by atoms with Crippen LogP contribution in [0.2, 0.25) is 0 Å². The number of hydrogen-bond donors (Lipinski definition) is 1. The molecule has 0 unspecified atom stereocenters. The van der Waals surface area contributed by atoms with Gasteiger partial charge in [0.2, 0.25) is 0 Å². The summed E-state index contributed by atoms with van der Waals surface area (Å²) in [6.07, 6.45) is 1.47. The smallest absolute Gasteiger partial charge is 0.180 e. The van der Waals surface area contributed by atoms with Crippen molar-refractivity contribution >= 4 is 16.5 Å². The van der Waals surface area contributed by atoms with Crippen LogP contribution in [0.25, 0.3) is 10.4 Å². The molecule has 1 aromatic carbocycles. The minimum atomic E-state index is -0.603. The van der Waals surface area contributed by atoms with Crippen molar-refractivity contribution in [1.29, 1.82) is 0 Å². The van der Waals surface area contributed by atoms with E-state index in [2.05, 4.69) is 4.98 Å². The van der Waals surface area contributed by atoms with Crippen LogP contribution in [0.1, 0.15) is 0 Å². The summed E-state index contributed by atoms with van der Waals surface area (Å²) in [5, 5.41) is 0.365. The van der Waals surface area contributed by atoms with Crippen LogP contribution in [-0.2, 0) is 0 Å². The molecule has 0 radical (unpaired) electrons. The van der Waals surface area contributed by atoms with E-state index in [9.17, 15) is 8.78 Å². The van der Waals surface area contributed by atoms with Gasteiger partial charge in [0.1, 0.15) is 11.6 Å². The molecule has 0 bridgehead atoms. The summed E-state index contributed by atoms with van der Waals surface area (Å²) < 4.78 is 25.8. The van der Waals surface area contributed by atoms with Crippen LogP contribution in [0.5, 0.6) is 0 Å². The third-order valence-corrected chi connectivity index (χ3v) is 2.58. The predicted molar refractivity (Wildman–Crippen MR) is 51.9 cm³/mol. The highest BCUT2D eigenvalue weighted by Crippen LogP contribution is 2.29. The summed E-state index contributed by atoms with van der Waals surface area (Å²) in [7, 11) is 0. The van der Waals surface area contributed by atoms with Crippen LogP contribution in [0.3, 0.4) is 0 Å². The molecule has 5 heteroatoms. The Morgan fingerprint density at radius 2 is 2.07 bits per heavy atom. The summed E-state index contributed by atoms with van der Waals surface area (Å²) in [5.74, 6) is -1.20. The molecule has 1 aromatic heterocycles. The highest BCUT2D eigenvalue weighted by molar-refractivity contribution is 7.18. The number of nitrogen functional groups attached to an aromatic ring is 1. The molecule has 0 aliphatic heterocycles. The lowest BCUT2D eigenvalue weighted by Gasteiger charge is -1.98. The Morgan fingerprint density at radius 3 is 2.64 bits per heavy atom. The van der Waals surface area contributed by atoms with E-state index in [4.69, 9.17) is 5.73 Å². The molecule has 0 amide bonds. The first-order chi connectivity index (χ1) is 6.66. The van der Waals surface area contributed by atoms with Gasteiger partial charge in [0, 0.05) is 17.8 Å². The molecular formula is C9H6F2N2S. The Morgan fingerprint density at radius 1 is 1.29 bits per heavy atom. The van der Waals surface area contributed by atoms with E-state index in [1.807, 2.05) is 0 Å². The Bertz CT molecular complexity index is 468. The minimum Gasteiger partial charge on any atom is -0.375 e. The maximum Gasteiger partial charge on any atom is 0.180 e. The average Bonchev–Trinajstić information content (AvgIpc) is 2.51. The van der Waals surface area contributed by atoms with Crippen molar-refractivity contribution in [3.05, 3.63) is 36.0 Å². The maximum absolute atomic E-state index is 13.2. The molecule has 0 atom stereocenters. The molecule has 2 nitrogen and oxygen atoms in total. The number of aromatic nitrogens is 1. The number of anilines is 1. The van der Waals surface area contributed by atoms with Crippen LogP contribution in [0.15, 0.2) is 24.4 Å². The van der Waals surface area contributed by atoms with E-state index in [-0.39, 0.29) is 0 Å². The second-order valence-electron chi connectivity index (χ2n) is 2.69. The van der Waals surface area contributed by atoms with Gasteiger partial charge in [0.05, 0.1) is 4.88 Å². The Kier molecular flexibility index (Phi) is 2.17. The van der Waals surface area contributed by atoms with E-state index < -0.39 is 11.6 Å². The fourth-order valence-corrected chi connectivity index (χ4v) is 1.81. The van der Waals surface area contributed by atoms with E-state index in [0.29, 0.717) is 15.6 Å². The Balaban J connectivity index is 2.52. The molecular weight excluding hydrogens is 206 g/mol. The van der Waals surface area contributed by atoms with E-state index in [1.165, 1.54) is 29.7 Å². The monoisotopic (exact) mass is 212 g/mol. The third kappa shape index (κ3) is 1.58. The van der Waals surface area contributed by atoms with Crippen LogP contribution >= 0.6 is 11.3 Å².